The highest BCUT2D eigenvalue weighted by Crippen LogP contribution is 2.31. The molecule has 5 nitrogen and oxygen atoms in total. The van der Waals surface area contributed by atoms with Crippen LogP contribution in [0.3, 0.4) is 0 Å². The van der Waals surface area contributed by atoms with Crippen LogP contribution in [0.2, 0.25) is 0 Å². The Hall–Kier alpha value is -2.82. The van der Waals surface area contributed by atoms with E-state index < -0.39 is 0 Å². The number of carbonyl (C=O) groups excluding carboxylic acids is 2. The van der Waals surface area contributed by atoms with E-state index in [4.69, 9.17) is 4.74 Å². The number of ether oxygens (including phenoxy) is 1. The first-order valence-electron chi connectivity index (χ1n) is 9.40. The maximum Gasteiger partial charge on any atom is 0.229 e. The molecule has 2 aromatic rings. The Morgan fingerprint density at radius 1 is 1.19 bits per heavy atom. The summed E-state index contributed by atoms with van der Waals surface area (Å²) in [4.78, 5) is 27.0. The fourth-order valence-electron chi connectivity index (χ4n) is 3.29. The number of anilines is 2. The molecule has 1 aliphatic rings. The smallest absolute Gasteiger partial charge is 0.229 e. The van der Waals surface area contributed by atoms with E-state index in [1.807, 2.05) is 63.2 Å². The first-order chi connectivity index (χ1) is 13.0. The number of carbonyl (C=O) groups is 2. The number of nitrogens with zero attached hydrogens (tertiary/aromatic N) is 1. The fourth-order valence-corrected chi connectivity index (χ4v) is 3.29. The van der Waals surface area contributed by atoms with E-state index >= 15 is 0 Å². The summed E-state index contributed by atoms with van der Waals surface area (Å²) in [5, 5.41) is 2.94. The van der Waals surface area contributed by atoms with Crippen LogP contribution in [-0.2, 0) is 9.59 Å². The highest BCUT2D eigenvalue weighted by atomic mass is 16.5. The van der Waals surface area contributed by atoms with E-state index in [9.17, 15) is 9.59 Å². The van der Waals surface area contributed by atoms with Crippen LogP contribution < -0.4 is 15.0 Å². The van der Waals surface area contributed by atoms with Gasteiger partial charge in [0, 0.05) is 18.7 Å². The number of hydrogen-bond acceptors (Lipinski definition) is 3. The zero-order chi connectivity index (χ0) is 19.4. The zero-order valence-electron chi connectivity index (χ0n) is 16.1. The van der Waals surface area contributed by atoms with Crippen LogP contribution in [0.15, 0.2) is 42.5 Å². The van der Waals surface area contributed by atoms with E-state index in [-0.39, 0.29) is 24.2 Å². The Bertz CT molecular complexity index is 847. The lowest BCUT2D eigenvalue weighted by atomic mass is 10.1. The van der Waals surface area contributed by atoms with Gasteiger partial charge in [-0.25, -0.2) is 0 Å². The predicted molar refractivity (Wildman–Crippen MR) is 107 cm³/mol. The molecule has 2 amide bonds. The van der Waals surface area contributed by atoms with Crippen LogP contribution in [-0.4, -0.2) is 25.0 Å². The maximum absolute atomic E-state index is 12.8. The van der Waals surface area contributed by atoms with E-state index in [0.29, 0.717) is 24.6 Å². The minimum Gasteiger partial charge on any atom is -0.491 e. The lowest BCUT2D eigenvalue weighted by Gasteiger charge is -2.20. The topological polar surface area (TPSA) is 58.6 Å². The van der Waals surface area contributed by atoms with Crippen LogP contribution in [0.25, 0.3) is 0 Å². The molecule has 0 radical (unpaired) electrons. The summed E-state index contributed by atoms with van der Waals surface area (Å²) >= 11 is 0. The maximum atomic E-state index is 12.8. The molecule has 2 aromatic carbocycles. The molecule has 27 heavy (non-hydrogen) atoms. The van der Waals surface area contributed by atoms with Gasteiger partial charge in [-0.15, -0.1) is 0 Å². The first-order valence-corrected chi connectivity index (χ1v) is 9.40. The van der Waals surface area contributed by atoms with Crippen LogP contribution in [0.1, 0.15) is 30.9 Å². The highest BCUT2D eigenvalue weighted by Gasteiger charge is 2.36. The molecule has 1 atom stereocenters. The molecule has 1 saturated heterocycles. The SMILES string of the molecule is CCCOc1ccccc1NC(=O)C1CC(=O)N(c2cccc(C)c2C)C1. The fraction of sp³-hybridized carbons (Fsp3) is 0.364. The average molecular weight is 366 g/mol. The number of rotatable bonds is 6. The molecule has 1 unspecified atom stereocenters. The lowest BCUT2D eigenvalue weighted by Crippen LogP contribution is -2.28. The van der Waals surface area contributed by atoms with Gasteiger partial charge in [-0.3, -0.25) is 9.59 Å². The van der Waals surface area contributed by atoms with Gasteiger partial charge in [0.2, 0.25) is 11.8 Å². The van der Waals surface area contributed by atoms with Gasteiger partial charge in [-0.05, 0) is 49.6 Å². The largest absolute Gasteiger partial charge is 0.491 e. The van der Waals surface area contributed by atoms with Crippen molar-refractivity contribution >= 4 is 23.2 Å². The Morgan fingerprint density at radius 2 is 1.96 bits per heavy atom. The normalized spacial score (nSPS) is 16.5. The average Bonchev–Trinajstić information content (AvgIpc) is 3.05. The summed E-state index contributed by atoms with van der Waals surface area (Å²) in [5.41, 5.74) is 3.75. The predicted octanol–water partition coefficient (Wildman–Crippen LogP) is 4.08. The molecule has 5 heteroatoms. The van der Waals surface area contributed by atoms with Crippen molar-refractivity contribution in [2.75, 3.05) is 23.4 Å². The lowest BCUT2D eigenvalue weighted by molar-refractivity contribution is -0.122. The summed E-state index contributed by atoms with van der Waals surface area (Å²) < 4.78 is 5.70. The molecule has 3 rings (SSSR count). The van der Waals surface area contributed by atoms with Gasteiger partial charge in [-0.2, -0.15) is 0 Å². The second-order valence-corrected chi connectivity index (χ2v) is 6.96. The van der Waals surface area contributed by atoms with Gasteiger partial charge in [0.1, 0.15) is 5.75 Å². The van der Waals surface area contributed by atoms with Crippen LogP contribution in [0.4, 0.5) is 11.4 Å². The Kier molecular flexibility index (Phi) is 5.79. The summed E-state index contributed by atoms with van der Waals surface area (Å²) in [7, 11) is 0. The molecule has 0 aromatic heterocycles. The molecule has 0 saturated carbocycles. The van der Waals surface area contributed by atoms with Crippen molar-refractivity contribution in [3.8, 4) is 5.75 Å². The third-order valence-electron chi connectivity index (χ3n) is 4.97. The molecule has 0 aliphatic carbocycles. The van der Waals surface area contributed by atoms with E-state index in [2.05, 4.69) is 5.32 Å². The van der Waals surface area contributed by atoms with E-state index in [1.165, 1.54) is 0 Å². The van der Waals surface area contributed by atoms with Crippen molar-refractivity contribution in [1.29, 1.82) is 0 Å². The Balaban J connectivity index is 1.72. The summed E-state index contributed by atoms with van der Waals surface area (Å²) in [6, 6.07) is 13.3. The second-order valence-electron chi connectivity index (χ2n) is 6.96. The molecule has 0 spiro atoms. The van der Waals surface area contributed by atoms with Gasteiger partial charge in [0.05, 0.1) is 18.2 Å². The Morgan fingerprint density at radius 3 is 2.74 bits per heavy atom. The zero-order valence-corrected chi connectivity index (χ0v) is 16.1. The summed E-state index contributed by atoms with van der Waals surface area (Å²) in [5.74, 6) is 0.114. The molecular weight excluding hydrogens is 340 g/mol. The standard InChI is InChI=1S/C22H26N2O3/c1-4-12-27-20-11-6-5-9-18(20)23-22(26)17-13-21(25)24(14-17)19-10-7-8-15(2)16(19)3/h5-11,17H,4,12-14H2,1-3H3,(H,23,26). The summed E-state index contributed by atoms with van der Waals surface area (Å²) in [6.45, 7) is 7.05. The van der Waals surface area contributed by atoms with Gasteiger partial charge in [-0.1, -0.05) is 31.2 Å². The highest BCUT2D eigenvalue weighted by molar-refractivity contribution is 6.04. The number of para-hydroxylation sites is 2. The number of benzene rings is 2. The number of nitrogens with one attached hydrogen (secondary N) is 1. The van der Waals surface area contributed by atoms with Crippen molar-refractivity contribution in [2.24, 2.45) is 5.92 Å². The minimum atomic E-state index is -0.378. The number of hydrogen-bond donors (Lipinski definition) is 1. The van der Waals surface area contributed by atoms with E-state index in [0.717, 1.165) is 23.2 Å². The number of amides is 2. The quantitative estimate of drug-likeness (QED) is 0.838. The second kappa shape index (κ2) is 8.25. The van der Waals surface area contributed by atoms with Gasteiger partial charge < -0.3 is 15.0 Å². The van der Waals surface area contributed by atoms with Crippen LogP contribution in [0, 0.1) is 19.8 Å². The third-order valence-corrected chi connectivity index (χ3v) is 4.97. The molecule has 1 heterocycles. The first kappa shape index (κ1) is 19.0. The summed E-state index contributed by atoms with van der Waals surface area (Å²) in [6.07, 6.45) is 1.11. The molecule has 1 aliphatic heterocycles. The van der Waals surface area contributed by atoms with Crippen LogP contribution in [0.5, 0.6) is 5.75 Å². The molecular formula is C22H26N2O3. The molecule has 1 N–H and O–H groups in total. The van der Waals surface area contributed by atoms with Crippen molar-refractivity contribution in [3.63, 3.8) is 0 Å². The van der Waals surface area contributed by atoms with Gasteiger partial charge in [0.15, 0.2) is 0 Å². The molecule has 0 bridgehead atoms. The van der Waals surface area contributed by atoms with Crippen molar-refractivity contribution in [1.82, 2.24) is 0 Å². The van der Waals surface area contributed by atoms with Crippen LogP contribution >= 0.6 is 0 Å². The van der Waals surface area contributed by atoms with Crippen molar-refractivity contribution in [2.45, 2.75) is 33.6 Å². The minimum absolute atomic E-state index is 0.0145. The Labute approximate surface area is 160 Å². The molecule has 142 valence electrons. The molecule has 1 fully saturated rings. The third kappa shape index (κ3) is 4.13. The monoisotopic (exact) mass is 366 g/mol. The number of aryl methyl sites for hydroxylation is 1. The van der Waals surface area contributed by atoms with Gasteiger partial charge >= 0.3 is 0 Å². The van der Waals surface area contributed by atoms with Crippen molar-refractivity contribution in [3.05, 3.63) is 53.6 Å². The van der Waals surface area contributed by atoms with Crippen molar-refractivity contribution < 1.29 is 14.3 Å². The van der Waals surface area contributed by atoms with E-state index in [1.54, 1.807) is 4.90 Å². The van der Waals surface area contributed by atoms with Gasteiger partial charge in [0.25, 0.3) is 0 Å².